The van der Waals surface area contributed by atoms with Crippen molar-refractivity contribution in [3.05, 3.63) is 0 Å². The van der Waals surface area contributed by atoms with E-state index in [4.69, 9.17) is 4.74 Å². The van der Waals surface area contributed by atoms with Crippen LogP contribution in [0.5, 0.6) is 0 Å². The second-order valence-electron chi connectivity index (χ2n) is 9.51. The summed E-state index contributed by atoms with van der Waals surface area (Å²) in [7, 11) is 1.84. The van der Waals surface area contributed by atoms with Crippen LogP contribution in [0, 0.1) is 34.5 Å². The van der Waals surface area contributed by atoms with E-state index in [9.17, 15) is 5.11 Å². The minimum atomic E-state index is -0.115. The molecule has 0 saturated heterocycles. The smallest absolute Gasteiger partial charge is 0.0577 e. The molecule has 0 aromatic rings. The Kier molecular flexibility index (Phi) is 4.18. The quantitative estimate of drug-likeness (QED) is 0.659. The van der Waals surface area contributed by atoms with Crippen molar-refractivity contribution in [3.63, 3.8) is 0 Å². The molecule has 4 aliphatic rings. The normalized spacial score (nSPS) is 59.1. The van der Waals surface area contributed by atoms with Crippen molar-refractivity contribution in [3.8, 4) is 0 Å². The summed E-state index contributed by atoms with van der Waals surface area (Å²) < 4.78 is 5.65. The predicted molar refractivity (Wildman–Crippen MR) is 96.6 cm³/mol. The van der Waals surface area contributed by atoms with Gasteiger partial charge >= 0.3 is 0 Å². The summed E-state index contributed by atoms with van der Waals surface area (Å²) in [5.74, 6) is 2.84. The second-order valence-corrected chi connectivity index (χ2v) is 10.6. The summed E-state index contributed by atoms with van der Waals surface area (Å²) in [6, 6.07) is 0. The Hall–Kier alpha value is 0.400. The topological polar surface area (TPSA) is 29.5 Å². The fourth-order valence-electron chi connectivity index (χ4n) is 7.41. The van der Waals surface area contributed by atoms with Crippen molar-refractivity contribution >= 4 is 15.9 Å². The van der Waals surface area contributed by atoms with Crippen LogP contribution in [0.2, 0.25) is 0 Å². The molecule has 3 heteroatoms. The van der Waals surface area contributed by atoms with Crippen LogP contribution in [0.3, 0.4) is 0 Å². The van der Waals surface area contributed by atoms with Crippen LogP contribution in [-0.4, -0.2) is 29.3 Å². The van der Waals surface area contributed by atoms with E-state index < -0.39 is 0 Å². The summed E-state index contributed by atoms with van der Waals surface area (Å²) in [4.78, 5) is 0.688. The lowest BCUT2D eigenvalue weighted by Crippen LogP contribution is -2.58. The number of methoxy groups -OCH3 is 1. The van der Waals surface area contributed by atoms with Gasteiger partial charge in [0.2, 0.25) is 0 Å². The Bertz CT molecular complexity index is 469. The van der Waals surface area contributed by atoms with Crippen molar-refractivity contribution in [2.45, 2.75) is 82.2 Å². The molecule has 9 atom stereocenters. The summed E-state index contributed by atoms with van der Waals surface area (Å²) in [5, 5.41) is 11.0. The number of fused-ring (bicyclic) bond motifs is 5. The van der Waals surface area contributed by atoms with Crippen molar-refractivity contribution in [1.29, 1.82) is 0 Å². The molecule has 4 saturated carbocycles. The van der Waals surface area contributed by atoms with E-state index in [0.29, 0.717) is 27.7 Å². The molecule has 0 radical (unpaired) electrons. The van der Waals surface area contributed by atoms with Crippen LogP contribution < -0.4 is 0 Å². The summed E-state index contributed by atoms with van der Waals surface area (Å²) >= 11 is 3.99. The van der Waals surface area contributed by atoms with Gasteiger partial charge in [0.05, 0.1) is 12.2 Å². The van der Waals surface area contributed by atoms with E-state index in [1.165, 1.54) is 38.5 Å². The lowest BCUT2D eigenvalue weighted by molar-refractivity contribution is -0.169. The lowest BCUT2D eigenvalue weighted by Gasteiger charge is -2.62. The molecule has 4 aliphatic carbocycles. The van der Waals surface area contributed by atoms with Crippen LogP contribution in [0.15, 0.2) is 0 Å². The standard InChI is InChI=1S/C20H33BrO2/c1-19-8-6-12(23-3)10-16(19)17(22)11-13-14-4-5-18(21)20(14,2)9-7-15(13)19/h12-18,22H,4-11H2,1-3H3/t12-,13-,14-,15-,16?,17?,18-,19+,20-/m0/s1. The van der Waals surface area contributed by atoms with Gasteiger partial charge in [0.15, 0.2) is 0 Å². The largest absolute Gasteiger partial charge is 0.393 e. The maximum Gasteiger partial charge on any atom is 0.0577 e. The second kappa shape index (κ2) is 5.71. The van der Waals surface area contributed by atoms with Gasteiger partial charge in [-0.3, -0.25) is 0 Å². The molecule has 0 aliphatic heterocycles. The molecule has 0 bridgehead atoms. The van der Waals surface area contributed by atoms with E-state index in [-0.39, 0.29) is 6.10 Å². The van der Waals surface area contributed by atoms with Gasteiger partial charge in [0.25, 0.3) is 0 Å². The van der Waals surface area contributed by atoms with Crippen molar-refractivity contribution in [2.75, 3.05) is 7.11 Å². The molecule has 4 fully saturated rings. The molecule has 132 valence electrons. The van der Waals surface area contributed by atoms with Crippen LogP contribution in [0.1, 0.15) is 65.2 Å². The Morgan fingerprint density at radius 2 is 1.61 bits per heavy atom. The number of aliphatic hydroxyl groups excluding tert-OH is 1. The fourth-order valence-corrected chi connectivity index (χ4v) is 8.25. The van der Waals surface area contributed by atoms with E-state index in [2.05, 4.69) is 29.8 Å². The van der Waals surface area contributed by atoms with Gasteiger partial charge in [0, 0.05) is 11.9 Å². The Morgan fingerprint density at radius 3 is 2.35 bits per heavy atom. The number of ether oxygens (including phenoxy) is 1. The van der Waals surface area contributed by atoms with Crippen LogP contribution in [0.4, 0.5) is 0 Å². The van der Waals surface area contributed by atoms with Crippen molar-refractivity contribution in [2.24, 2.45) is 34.5 Å². The minimum absolute atomic E-state index is 0.115. The van der Waals surface area contributed by atoms with Crippen LogP contribution in [0.25, 0.3) is 0 Å². The summed E-state index contributed by atoms with van der Waals surface area (Å²) in [6.45, 7) is 5.02. The van der Waals surface area contributed by atoms with Crippen LogP contribution >= 0.6 is 15.9 Å². The number of hydrogen-bond donors (Lipinski definition) is 1. The summed E-state index contributed by atoms with van der Waals surface area (Å²) in [5.41, 5.74) is 0.802. The third-order valence-electron chi connectivity index (χ3n) is 8.85. The van der Waals surface area contributed by atoms with E-state index in [1.54, 1.807) is 0 Å². The maximum atomic E-state index is 11.0. The van der Waals surface area contributed by atoms with Crippen molar-refractivity contribution < 1.29 is 9.84 Å². The zero-order chi connectivity index (χ0) is 16.4. The van der Waals surface area contributed by atoms with Gasteiger partial charge in [-0.1, -0.05) is 29.8 Å². The third kappa shape index (κ3) is 2.32. The van der Waals surface area contributed by atoms with Gasteiger partial charge in [0.1, 0.15) is 0 Å². The summed E-state index contributed by atoms with van der Waals surface area (Å²) in [6.07, 6.45) is 10.2. The molecular formula is C20H33BrO2. The molecule has 1 N–H and O–H groups in total. The average molecular weight is 385 g/mol. The fraction of sp³-hybridized carbons (Fsp3) is 1.00. The van der Waals surface area contributed by atoms with E-state index >= 15 is 0 Å². The van der Waals surface area contributed by atoms with Gasteiger partial charge in [-0.05, 0) is 85.9 Å². The highest BCUT2D eigenvalue weighted by molar-refractivity contribution is 9.09. The first-order chi connectivity index (χ1) is 10.9. The monoisotopic (exact) mass is 384 g/mol. The minimum Gasteiger partial charge on any atom is -0.393 e. The number of halogens is 1. The highest BCUT2D eigenvalue weighted by atomic mass is 79.9. The predicted octanol–water partition coefficient (Wildman–Crippen LogP) is 4.78. The molecule has 23 heavy (non-hydrogen) atoms. The number of rotatable bonds is 1. The van der Waals surface area contributed by atoms with Gasteiger partial charge in [-0.15, -0.1) is 0 Å². The molecule has 2 unspecified atom stereocenters. The zero-order valence-corrected chi connectivity index (χ0v) is 16.5. The van der Waals surface area contributed by atoms with E-state index in [1.807, 2.05) is 7.11 Å². The van der Waals surface area contributed by atoms with E-state index in [0.717, 1.165) is 30.6 Å². The molecule has 0 aromatic carbocycles. The third-order valence-corrected chi connectivity index (χ3v) is 10.4. The highest BCUT2D eigenvalue weighted by Crippen LogP contribution is 2.67. The highest BCUT2D eigenvalue weighted by Gasteiger charge is 2.61. The molecule has 0 heterocycles. The van der Waals surface area contributed by atoms with Gasteiger partial charge < -0.3 is 9.84 Å². The van der Waals surface area contributed by atoms with Gasteiger partial charge in [-0.2, -0.15) is 0 Å². The van der Waals surface area contributed by atoms with Gasteiger partial charge in [-0.25, -0.2) is 0 Å². The molecule has 0 amide bonds. The van der Waals surface area contributed by atoms with Crippen LogP contribution in [-0.2, 0) is 4.74 Å². The molecular weight excluding hydrogens is 352 g/mol. The first-order valence-corrected chi connectivity index (χ1v) is 10.7. The molecule has 0 spiro atoms. The number of alkyl halides is 1. The Balaban J connectivity index is 1.63. The Morgan fingerprint density at radius 1 is 0.913 bits per heavy atom. The van der Waals surface area contributed by atoms with Crippen molar-refractivity contribution in [1.82, 2.24) is 0 Å². The maximum absolute atomic E-state index is 11.0. The molecule has 0 aromatic heterocycles. The molecule has 2 nitrogen and oxygen atoms in total. The number of aliphatic hydroxyl groups is 1. The SMILES string of the molecule is CO[C@H]1CC[C@@]2(C)C(C1)C(O)C[C@H]1[C@@H]3CC[C@H](Br)[C@@]3(C)CC[C@@H]12. The molecule has 4 rings (SSSR count). The first-order valence-electron chi connectivity index (χ1n) is 9.75. The Labute approximate surface area is 149 Å². The number of hydrogen-bond acceptors (Lipinski definition) is 2. The zero-order valence-electron chi connectivity index (χ0n) is 14.9. The lowest BCUT2D eigenvalue weighted by atomic mass is 9.44. The average Bonchev–Trinajstić information content (AvgIpc) is 2.83. The first kappa shape index (κ1) is 16.8.